The Morgan fingerprint density at radius 1 is 1.24 bits per heavy atom. The van der Waals surface area contributed by atoms with Gasteiger partial charge in [0.05, 0.1) is 11.3 Å². The van der Waals surface area contributed by atoms with E-state index in [0.29, 0.717) is 5.75 Å². The van der Waals surface area contributed by atoms with E-state index in [0.717, 1.165) is 0 Å². The summed E-state index contributed by atoms with van der Waals surface area (Å²) in [4.78, 5) is 28.5. The molecule has 1 aromatic carbocycles. The molecular formula is C16H18N2O3. The minimum Gasteiger partial charge on any atom is -0.426 e. The van der Waals surface area contributed by atoms with Crippen molar-refractivity contribution in [2.45, 2.75) is 20.8 Å². The number of aromatic nitrogens is 2. The first-order valence-electron chi connectivity index (χ1n) is 6.72. The molecule has 0 N–H and O–H groups in total. The minimum atomic E-state index is -0.947. The molecule has 0 bridgehead atoms. The van der Waals surface area contributed by atoms with Crippen molar-refractivity contribution >= 4 is 11.9 Å². The summed E-state index contributed by atoms with van der Waals surface area (Å²) >= 11 is 0. The van der Waals surface area contributed by atoms with Gasteiger partial charge in [-0.25, -0.2) is 4.98 Å². The molecule has 1 heterocycles. The molecule has 0 aliphatic rings. The van der Waals surface area contributed by atoms with Crippen LogP contribution in [0.3, 0.4) is 0 Å². The first kappa shape index (κ1) is 15.0. The van der Waals surface area contributed by atoms with Gasteiger partial charge in [-0.3, -0.25) is 14.2 Å². The summed E-state index contributed by atoms with van der Waals surface area (Å²) < 4.78 is 6.73. The van der Waals surface area contributed by atoms with Crippen LogP contribution in [0.4, 0.5) is 0 Å². The van der Waals surface area contributed by atoms with Crippen molar-refractivity contribution in [2.24, 2.45) is 11.3 Å². The molecular weight excluding hydrogens is 268 g/mol. The van der Waals surface area contributed by atoms with E-state index in [-0.39, 0.29) is 5.91 Å². The molecule has 0 aliphatic carbocycles. The fourth-order valence-corrected chi connectivity index (χ4v) is 1.83. The van der Waals surface area contributed by atoms with Crippen LogP contribution in [0.15, 0.2) is 49.1 Å². The number of rotatable bonds is 4. The molecule has 1 atom stereocenters. The minimum absolute atomic E-state index is 0.192. The van der Waals surface area contributed by atoms with Crippen LogP contribution < -0.4 is 4.74 Å². The summed E-state index contributed by atoms with van der Waals surface area (Å²) in [6, 6.07) is 8.83. The van der Waals surface area contributed by atoms with Gasteiger partial charge in [-0.2, -0.15) is 0 Å². The van der Waals surface area contributed by atoms with Gasteiger partial charge in [0.15, 0.2) is 0 Å². The van der Waals surface area contributed by atoms with Crippen LogP contribution in [0, 0.1) is 11.3 Å². The fraction of sp³-hybridized carbons (Fsp3) is 0.312. The van der Waals surface area contributed by atoms with Gasteiger partial charge in [0, 0.05) is 12.4 Å². The smallest absolute Gasteiger partial charge is 0.317 e. The van der Waals surface area contributed by atoms with Crippen molar-refractivity contribution in [1.29, 1.82) is 0 Å². The molecule has 0 saturated carbocycles. The van der Waals surface area contributed by atoms with Crippen LogP contribution in [-0.4, -0.2) is 21.4 Å². The molecule has 110 valence electrons. The van der Waals surface area contributed by atoms with Crippen LogP contribution in [0.25, 0.3) is 0 Å². The first-order chi connectivity index (χ1) is 9.93. The summed E-state index contributed by atoms with van der Waals surface area (Å²) in [7, 11) is 0. The zero-order valence-electron chi connectivity index (χ0n) is 12.3. The van der Waals surface area contributed by atoms with Crippen molar-refractivity contribution in [2.75, 3.05) is 0 Å². The van der Waals surface area contributed by atoms with Crippen LogP contribution in [0.1, 0.15) is 25.6 Å². The Labute approximate surface area is 123 Å². The molecule has 5 heteroatoms. The summed E-state index contributed by atoms with van der Waals surface area (Å²) in [5, 5.41) is 0. The third-order valence-electron chi connectivity index (χ3n) is 3.69. The zero-order chi connectivity index (χ0) is 15.5. The topological polar surface area (TPSA) is 61.2 Å². The number of hydrogen-bond donors (Lipinski definition) is 0. The molecule has 2 aromatic rings. The van der Waals surface area contributed by atoms with Crippen molar-refractivity contribution in [3.63, 3.8) is 0 Å². The normalized spacial score (nSPS) is 12.7. The zero-order valence-corrected chi connectivity index (χ0v) is 12.3. The maximum Gasteiger partial charge on any atom is 0.317 e. The Kier molecular flexibility index (Phi) is 4.21. The van der Waals surface area contributed by atoms with E-state index in [1.807, 2.05) is 6.07 Å². The number of carbonyl (C=O) groups excluding carboxylic acids is 2. The maximum atomic E-state index is 12.4. The molecule has 5 nitrogen and oxygen atoms in total. The summed E-state index contributed by atoms with van der Waals surface area (Å²) in [5.41, 5.74) is -0.947. The van der Waals surface area contributed by atoms with Crippen LogP contribution in [0.5, 0.6) is 5.75 Å². The molecule has 0 radical (unpaired) electrons. The number of ether oxygens (including phenoxy) is 1. The monoisotopic (exact) mass is 286 g/mol. The Bertz CT molecular complexity index is 618. The van der Waals surface area contributed by atoms with Gasteiger partial charge in [0.2, 0.25) is 5.91 Å². The third kappa shape index (κ3) is 3.18. The number of imidazole rings is 1. The van der Waals surface area contributed by atoms with Gasteiger partial charge in [-0.15, -0.1) is 0 Å². The largest absolute Gasteiger partial charge is 0.426 e. The van der Waals surface area contributed by atoms with Gasteiger partial charge < -0.3 is 4.74 Å². The highest BCUT2D eigenvalue weighted by atomic mass is 16.5. The Balaban J connectivity index is 2.13. The molecule has 1 unspecified atom stereocenters. The van der Waals surface area contributed by atoms with Gasteiger partial charge in [0.25, 0.3) is 0 Å². The van der Waals surface area contributed by atoms with E-state index in [4.69, 9.17) is 4.74 Å². The Morgan fingerprint density at radius 3 is 2.48 bits per heavy atom. The second-order valence-corrected chi connectivity index (χ2v) is 5.45. The van der Waals surface area contributed by atoms with Crippen molar-refractivity contribution < 1.29 is 14.3 Å². The quantitative estimate of drug-likeness (QED) is 0.640. The molecule has 0 saturated heterocycles. The van der Waals surface area contributed by atoms with E-state index in [1.54, 1.807) is 51.2 Å². The average Bonchev–Trinajstić information content (AvgIpc) is 3.00. The van der Waals surface area contributed by atoms with Crippen molar-refractivity contribution in [3.8, 4) is 5.75 Å². The lowest BCUT2D eigenvalue weighted by molar-refractivity contribution is -0.146. The predicted molar refractivity (Wildman–Crippen MR) is 77.9 cm³/mol. The number of nitrogens with zero attached hydrogens (tertiary/aromatic N) is 2. The lowest BCUT2D eigenvalue weighted by atomic mass is 9.79. The standard InChI is InChI=1S/C16H18N2O3/c1-12(14(19)18-10-9-17-11-18)16(2,3)15(20)21-13-7-5-4-6-8-13/h4-12H,1-3H3. The third-order valence-corrected chi connectivity index (χ3v) is 3.69. The van der Waals surface area contributed by atoms with Crippen LogP contribution in [0.2, 0.25) is 0 Å². The SMILES string of the molecule is CC(C(=O)n1ccnc1)C(C)(C)C(=O)Oc1ccccc1. The van der Waals surface area contributed by atoms with Crippen molar-refractivity contribution in [3.05, 3.63) is 49.1 Å². The van der Waals surface area contributed by atoms with Crippen molar-refractivity contribution in [1.82, 2.24) is 9.55 Å². The van der Waals surface area contributed by atoms with Gasteiger partial charge in [-0.1, -0.05) is 25.1 Å². The van der Waals surface area contributed by atoms with Gasteiger partial charge >= 0.3 is 5.97 Å². The highest BCUT2D eigenvalue weighted by Gasteiger charge is 2.40. The number of hydrogen-bond acceptors (Lipinski definition) is 4. The lowest BCUT2D eigenvalue weighted by Gasteiger charge is -2.28. The van der Waals surface area contributed by atoms with Crippen LogP contribution >= 0.6 is 0 Å². The summed E-state index contributed by atoms with van der Waals surface area (Å²) in [6.07, 6.45) is 4.52. The molecule has 0 amide bonds. The summed E-state index contributed by atoms with van der Waals surface area (Å²) in [5.74, 6) is -0.696. The van der Waals surface area contributed by atoms with E-state index in [1.165, 1.54) is 17.1 Å². The van der Waals surface area contributed by atoms with Crippen LogP contribution in [-0.2, 0) is 4.79 Å². The number of para-hydroxylation sites is 1. The molecule has 2 rings (SSSR count). The molecule has 1 aromatic heterocycles. The van der Waals surface area contributed by atoms with Gasteiger partial charge in [0.1, 0.15) is 12.1 Å². The second kappa shape index (κ2) is 5.91. The molecule has 21 heavy (non-hydrogen) atoms. The van der Waals surface area contributed by atoms with Gasteiger partial charge in [-0.05, 0) is 26.0 Å². The lowest BCUT2D eigenvalue weighted by Crippen LogP contribution is -2.40. The Morgan fingerprint density at radius 2 is 1.90 bits per heavy atom. The van der Waals surface area contributed by atoms with E-state index in [2.05, 4.69) is 4.98 Å². The van der Waals surface area contributed by atoms with E-state index < -0.39 is 17.3 Å². The Hall–Kier alpha value is -2.43. The van der Waals surface area contributed by atoms with E-state index >= 15 is 0 Å². The second-order valence-electron chi connectivity index (χ2n) is 5.45. The maximum absolute atomic E-state index is 12.4. The summed E-state index contributed by atoms with van der Waals surface area (Å²) in [6.45, 7) is 5.13. The van der Waals surface area contributed by atoms with E-state index in [9.17, 15) is 9.59 Å². The molecule has 0 aliphatic heterocycles. The number of benzene rings is 1. The molecule has 0 fully saturated rings. The number of carbonyl (C=O) groups is 2. The average molecular weight is 286 g/mol. The predicted octanol–water partition coefficient (Wildman–Crippen LogP) is 2.79. The first-order valence-corrected chi connectivity index (χ1v) is 6.72. The fourth-order valence-electron chi connectivity index (χ4n) is 1.83. The highest BCUT2D eigenvalue weighted by Crippen LogP contribution is 2.30. The highest BCUT2D eigenvalue weighted by molar-refractivity contribution is 5.89. The molecule has 0 spiro atoms. The number of esters is 1.